The molecule has 0 amide bonds. The Morgan fingerprint density at radius 2 is 2.19 bits per heavy atom. The zero-order valence-electron chi connectivity index (χ0n) is 14.8. The van der Waals surface area contributed by atoms with Crippen molar-refractivity contribution in [2.24, 2.45) is 0 Å². The van der Waals surface area contributed by atoms with Gasteiger partial charge in [-0.2, -0.15) is 5.26 Å². The van der Waals surface area contributed by atoms with Gasteiger partial charge in [0.15, 0.2) is 0 Å². The van der Waals surface area contributed by atoms with Gasteiger partial charge in [-0.15, -0.1) is 5.48 Å². The lowest BCUT2D eigenvalue weighted by atomic mass is 10.1. The topological polar surface area (TPSA) is 75.8 Å². The molecule has 6 nitrogen and oxygen atoms in total. The molecule has 0 saturated carbocycles. The molecule has 1 N–H and O–H groups in total. The molecule has 8 heteroatoms. The van der Waals surface area contributed by atoms with Gasteiger partial charge in [-0.1, -0.05) is 0 Å². The normalized spacial score (nSPS) is 17.1. The summed E-state index contributed by atoms with van der Waals surface area (Å²) in [7, 11) is 0. The first-order valence-electron chi connectivity index (χ1n) is 8.51. The Morgan fingerprint density at radius 3 is 2.85 bits per heavy atom. The molecule has 1 aromatic carbocycles. The predicted octanol–water partition coefficient (Wildman–Crippen LogP) is 3.46. The number of hydroxylamine groups is 1. The number of pyridine rings is 1. The highest BCUT2D eigenvalue weighted by molar-refractivity contribution is 6.02. The molecular formula is C19H17F2N5O. The lowest BCUT2D eigenvalue weighted by Crippen LogP contribution is -2.27. The molecule has 0 bridgehead atoms. The van der Waals surface area contributed by atoms with Crippen LogP contribution in [0, 0.1) is 11.3 Å². The number of rotatable bonds is 4. The van der Waals surface area contributed by atoms with E-state index in [0.717, 1.165) is 12.7 Å². The Morgan fingerprint density at radius 1 is 1.37 bits per heavy atom. The average molecular weight is 369 g/mol. The Balaban J connectivity index is 1.93. The van der Waals surface area contributed by atoms with Gasteiger partial charge in [0, 0.05) is 18.7 Å². The Labute approximate surface area is 154 Å². The van der Waals surface area contributed by atoms with Crippen LogP contribution in [-0.4, -0.2) is 26.5 Å². The van der Waals surface area contributed by atoms with Crippen LogP contribution >= 0.6 is 0 Å². The number of aromatic nitrogens is 3. The molecule has 3 aromatic rings. The van der Waals surface area contributed by atoms with Crippen LogP contribution < -0.4 is 5.48 Å². The average Bonchev–Trinajstić information content (AvgIpc) is 3.17. The van der Waals surface area contributed by atoms with Crippen LogP contribution in [0.4, 0.5) is 8.78 Å². The van der Waals surface area contributed by atoms with Crippen LogP contribution in [0.5, 0.6) is 0 Å². The third-order valence-electron chi connectivity index (χ3n) is 4.43. The largest absolute Gasteiger partial charge is 0.413 e. The summed E-state index contributed by atoms with van der Waals surface area (Å²) >= 11 is 0. The number of nitriles is 1. The van der Waals surface area contributed by atoms with E-state index in [-0.39, 0.29) is 6.04 Å². The van der Waals surface area contributed by atoms with Crippen molar-refractivity contribution in [2.75, 3.05) is 0 Å². The minimum absolute atomic E-state index is 0.153. The highest BCUT2D eigenvalue weighted by Crippen LogP contribution is 2.29. The van der Waals surface area contributed by atoms with Gasteiger partial charge in [0.05, 0.1) is 41.4 Å². The van der Waals surface area contributed by atoms with E-state index in [1.54, 1.807) is 24.4 Å². The lowest BCUT2D eigenvalue weighted by Gasteiger charge is -2.16. The SMILES string of the molecule is CC1=CC(Cc2nc3cnc4ccc(C#N)cc4c3n2CC(C)(F)F)NO1. The molecule has 0 aliphatic carbocycles. The second-order valence-electron chi connectivity index (χ2n) is 6.83. The minimum atomic E-state index is -2.92. The van der Waals surface area contributed by atoms with Gasteiger partial charge in [-0.05, 0) is 31.2 Å². The summed E-state index contributed by atoms with van der Waals surface area (Å²) in [5, 5.41) is 9.84. The molecule has 1 atom stereocenters. The first-order chi connectivity index (χ1) is 12.8. The van der Waals surface area contributed by atoms with Crippen molar-refractivity contribution in [3.8, 4) is 6.07 Å². The number of hydrogen-bond acceptors (Lipinski definition) is 5. The summed E-state index contributed by atoms with van der Waals surface area (Å²) in [5.74, 6) is -1.68. The number of alkyl halides is 2. The molecule has 0 fully saturated rings. The lowest BCUT2D eigenvalue weighted by molar-refractivity contribution is 0.00412. The molecule has 1 aliphatic heterocycles. The number of nitrogens with one attached hydrogen (secondary N) is 1. The zero-order valence-corrected chi connectivity index (χ0v) is 14.8. The Hall–Kier alpha value is -3.05. The van der Waals surface area contributed by atoms with Crippen molar-refractivity contribution < 1.29 is 13.6 Å². The number of nitrogens with zero attached hydrogens (tertiary/aromatic N) is 4. The fraction of sp³-hybridized carbons (Fsp3) is 0.316. The zero-order chi connectivity index (χ0) is 19.2. The second-order valence-corrected chi connectivity index (χ2v) is 6.83. The van der Waals surface area contributed by atoms with Crippen molar-refractivity contribution in [3.63, 3.8) is 0 Å². The molecule has 1 unspecified atom stereocenters. The first-order valence-corrected chi connectivity index (χ1v) is 8.51. The standard InChI is InChI=1S/C19H17F2N5O/c1-11-5-13(25-27-11)7-17-24-16-9-23-15-4-3-12(8-22)6-14(15)18(16)26(17)10-19(2,20)21/h3-6,9,13,25H,7,10H2,1-2H3. The van der Waals surface area contributed by atoms with Gasteiger partial charge < -0.3 is 9.40 Å². The van der Waals surface area contributed by atoms with Crippen LogP contribution in [0.25, 0.3) is 21.9 Å². The first kappa shape index (κ1) is 17.4. The fourth-order valence-corrected chi connectivity index (χ4v) is 3.35. The molecule has 3 heterocycles. The highest BCUT2D eigenvalue weighted by Gasteiger charge is 2.27. The molecule has 0 spiro atoms. The van der Waals surface area contributed by atoms with Crippen molar-refractivity contribution in [1.29, 1.82) is 5.26 Å². The van der Waals surface area contributed by atoms with Crippen LogP contribution in [0.1, 0.15) is 25.2 Å². The van der Waals surface area contributed by atoms with Gasteiger partial charge in [0.1, 0.15) is 17.1 Å². The summed E-state index contributed by atoms with van der Waals surface area (Å²) in [5.41, 5.74) is 5.01. The molecule has 1 aliphatic rings. The summed E-state index contributed by atoms with van der Waals surface area (Å²) in [4.78, 5) is 14.1. The van der Waals surface area contributed by atoms with Crippen LogP contribution in [0.3, 0.4) is 0 Å². The number of allylic oxidation sites excluding steroid dienone is 1. The van der Waals surface area contributed by atoms with Gasteiger partial charge in [0.2, 0.25) is 0 Å². The maximum Gasteiger partial charge on any atom is 0.262 e. The Bertz CT molecular complexity index is 1110. The monoisotopic (exact) mass is 369 g/mol. The number of hydrogen-bond donors (Lipinski definition) is 1. The molecular weight excluding hydrogens is 352 g/mol. The maximum absolute atomic E-state index is 13.9. The molecule has 27 heavy (non-hydrogen) atoms. The fourth-order valence-electron chi connectivity index (χ4n) is 3.35. The number of halogens is 2. The molecule has 0 saturated heterocycles. The van der Waals surface area contributed by atoms with E-state index in [9.17, 15) is 14.0 Å². The molecule has 0 radical (unpaired) electrons. The van der Waals surface area contributed by atoms with E-state index in [4.69, 9.17) is 4.84 Å². The summed E-state index contributed by atoms with van der Waals surface area (Å²) in [6.07, 6.45) is 3.86. The molecule has 4 rings (SSSR count). The quantitative estimate of drug-likeness (QED) is 0.762. The van der Waals surface area contributed by atoms with E-state index in [2.05, 4.69) is 21.5 Å². The third-order valence-corrected chi connectivity index (χ3v) is 4.43. The molecule has 138 valence electrons. The summed E-state index contributed by atoms with van der Waals surface area (Å²) < 4.78 is 29.4. The van der Waals surface area contributed by atoms with Crippen LogP contribution in [0.2, 0.25) is 0 Å². The van der Waals surface area contributed by atoms with Gasteiger partial charge in [0.25, 0.3) is 5.92 Å². The van der Waals surface area contributed by atoms with Crippen molar-refractivity contribution in [1.82, 2.24) is 20.0 Å². The molecule has 2 aromatic heterocycles. The van der Waals surface area contributed by atoms with E-state index in [1.165, 1.54) is 4.57 Å². The second kappa shape index (κ2) is 6.28. The smallest absolute Gasteiger partial charge is 0.262 e. The Kier molecular flexibility index (Phi) is 4.04. The van der Waals surface area contributed by atoms with Crippen molar-refractivity contribution in [3.05, 3.63) is 47.6 Å². The van der Waals surface area contributed by atoms with Gasteiger partial charge in [-0.3, -0.25) is 4.98 Å². The van der Waals surface area contributed by atoms with Crippen molar-refractivity contribution in [2.45, 2.75) is 38.8 Å². The number of fused-ring (bicyclic) bond motifs is 3. The van der Waals surface area contributed by atoms with E-state index >= 15 is 0 Å². The van der Waals surface area contributed by atoms with Crippen LogP contribution in [0.15, 0.2) is 36.2 Å². The predicted molar refractivity (Wildman–Crippen MR) is 95.8 cm³/mol. The van der Waals surface area contributed by atoms with E-state index < -0.39 is 12.5 Å². The number of imidazole rings is 1. The third kappa shape index (κ3) is 3.34. The summed E-state index contributed by atoms with van der Waals surface area (Å²) in [6.45, 7) is 2.19. The van der Waals surface area contributed by atoms with E-state index in [0.29, 0.717) is 39.7 Å². The number of benzene rings is 1. The van der Waals surface area contributed by atoms with Gasteiger partial charge >= 0.3 is 0 Å². The van der Waals surface area contributed by atoms with Gasteiger partial charge in [-0.25, -0.2) is 13.8 Å². The summed E-state index contributed by atoms with van der Waals surface area (Å²) in [6, 6.07) is 6.97. The van der Waals surface area contributed by atoms with Crippen LogP contribution in [-0.2, 0) is 17.8 Å². The minimum Gasteiger partial charge on any atom is -0.413 e. The van der Waals surface area contributed by atoms with Crippen molar-refractivity contribution >= 4 is 21.9 Å². The maximum atomic E-state index is 13.9. The van der Waals surface area contributed by atoms with E-state index in [1.807, 2.05) is 13.0 Å². The highest BCUT2D eigenvalue weighted by atomic mass is 19.3.